The van der Waals surface area contributed by atoms with Gasteiger partial charge in [0.1, 0.15) is 0 Å². The van der Waals surface area contributed by atoms with Crippen LogP contribution in [0.15, 0.2) is 6.07 Å². The zero-order valence-corrected chi connectivity index (χ0v) is 8.97. The van der Waals surface area contributed by atoms with E-state index in [1.807, 2.05) is 0 Å². The Morgan fingerprint density at radius 3 is 2.00 bits per heavy atom. The van der Waals surface area contributed by atoms with Crippen LogP contribution in [0.25, 0.3) is 0 Å². The van der Waals surface area contributed by atoms with E-state index >= 15 is 0 Å². The lowest BCUT2D eigenvalue weighted by molar-refractivity contribution is -0.760. The standard InChI is InChI=1S/C10H19N2/c1-8-7-9(10(2,3)4)12(6)11(8)5/h7H,1-6H3/q+1. The second-order valence-electron chi connectivity index (χ2n) is 4.47. The number of aryl methyl sites for hydroxylation is 1. The first-order valence-electron chi connectivity index (χ1n) is 4.37. The molecule has 0 fully saturated rings. The minimum atomic E-state index is 0.237. The average molecular weight is 167 g/mol. The van der Waals surface area contributed by atoms with Crippen LogP contribution in [0.1, 0.15) is 32.2 Å². The highest BCUT2D eigenvalue weighted by atomic mass is 15.4. The topological polar surface area (TPSA) is 8.81 Å². The van der Waals surface area contributed by atoms with Gasteiger partial charge in [-0.15, -0.1) is 4.68 Å². The molecule has 0 aliphatic rings. The van der Waals surface area contributed by atoms with Gasteiger partial charge in [0.05, 0.1) is 12.7 Å². The zero-order chi connectivity index (χ0) is 9.52. The van der Waals surface area contributed by atoms with Crippen LogP contribution in [0, 0.1) is 6.92 Å². The van der Waals surface area contributed by atoms with Crippen LogP contribution in [-0.2, 0) is 19.5 Å². The Labute approximate surface area is 74.8 Å². The summed E-state index contributed by atoms with van der Waals surface area (Å²) in [4.78, 5) is 0. The van der Waals surface area contributed by atoms with Crippen molar-refractivity contribution in [3.05, 3.63) is 17.5 Å². The summed E-state index contributed by atoms with van der Waals surface area (Å²) in [6.07, 6.45) is 0. The van der Waals surface area contributed by atoms with Crippen molar-refractivity contribution < 1.29 is 4.68 Å². The van der Waals surface area contributed by atoms with Crippen LogP contribution >= 0.6 is 0 Å². The summed E-state index contributed by atoms with van der Waals surface area (Å²) in [7, 11) is 4.19. The molecular formula is C10H19N2+. The lowest BCUT2D eigenvalue weighted by Crippen LogP contribution is -2.44. The molecule has 2 heteroatoms. The normalized spacial score (nSPS) is 12.2. The van der Waals surface area contributed by atoms with Gasteiger partial charge in [0, 0.05) is 11.5 Å². The van der Waals surface area contributed by atoms with Crippen molar-refractivity contribution in [3.63, 3.8) is 0 Å². The molecular weight excluding hydrogens is 148 g/mol. The Hall–Kier alpha value is -0.790. The Bertz CT molecular complexity index is 290. The number of nitrogens with zero attached hydrogens (tertiary/aromatic N) is 2. The first-order chi connectivity index (χ1) is 5.34. The van der Waals surface area contributed by atoms with Gasteiger partial charge in [-0.05, 0) is 6.92 Å². The van der Waals surface area contributed by atoms with Crippen molar-refractivity contribution >= 4 is 0 Å². The van der Waals surface area contributed by atoms with Crippen LogP contribution in [0.2, 0.25) is 0 Å². The van der Waals surface area contributed by atoms with E-state index < -0.39 is 0 Å². The van der Waals surface area contributed by atoms with Crippen molar-refractivity contribution in [2.45, 2.75) is 33.1 Å². The molecule has 1 aromatic rings. The molecule has 0 aliphatic heterocycles. The summed E-state index contributed by atoms with van der Waals surface area (Å²) in [5.41, 5.74) is 2.92. The summed E-state index contributed by atoms with van der Waals surface area (Å²) in [6, 6.07) is 2.25. The highest BCUT2D eigenvalue weighted by Crippen LogP contribution is 2.19. The molecule has 0 bridgehead atoms. The first kappa shape index (κ1) is 9.30. The summed E-state index contributed by atoms with van der Waals surface area (Å²) < 4.78 is 4.37. The molecule has 0 aliphatic carbocycles. The van der Waals surface area contributed by atoms with Crippen molar-refractivity contribution in [2.24, 2.45) is 14.1 Å². The number of aromatic nitrogens is 2. The lowest BCUT2D eigenvalue weighted by atomic mass is 9.92. The highest BCUT2D eigenvalue weighted by molar-refractivity contribution is 5.11. The molecule has 0 saturated heterocycles. The fourth-order valence-electron chi connectivity index (χ4n) is 1.48. The molecule has 0 amide bonds. The van der Waals surface area contributed by atoms with E-state index in [-0.39, 0.29) is 5.41 Å². The van der Waals surface area contributed by atoms with Gasteiger partial charge in [-0.2, -0.15) is 4.68 Å². The summed E-state index contributed by atoms with van der Waals surface area (Å²) in [5, 5.41) is 0. The van der Waals surface area contributed by atoms with E-state index in [0.29, 0.717) is 0 Å². The van der Waals surface area contributed by atoms with Crippen molar-refractivity contribution in [2.75, 3.05) is 0 Å². The third-order valence-corrected chi connectivity index (χ3v) is 2.42. The fourth-order valence-corrected chi connectivity index (χ4v) is 1.48. The highest BCUT2D eigenvalue weighted by Gasteiger charge is 2.27. The second kappa shape index (κ2) is 2.61. The lowest BCUT2D eigenvalue weighted by Gasteiger charge is -2.11. The SMILES string of the molecule is Cc1cc(C(C)(C)C)[n+](C)n1C. The zero-order valence-electron chi connectivity index (χ0n) is 8.97. The molecule has 2 nitrogen and oxygen atoms in total. The van der Waals surface area contributed by atoms with Gasteiger partial charge in [-0.1, -0.05) is 20.8 Å². The van der Waals surface area contributed by atoms with Crippen LogP contribution in [-0.4, -0.2) is 4.68 Å². The molecule has 0 radical (unpaired) electrons. The second-order valence-corrected chi connectivity index (χ2v) is 4.47. The monoisotopic (exact) mass is 167 g/mol. The van der Waals surface area contributed by atoms with E-state index in [1.54, 1.807) is 0 Å². The van der Waals surface area contributed by atoms with Crippen LogP contribution in [0.4, 0.5) is 0 Å². The molecule has 1 heterocycles. The van der Waals surface area contributed by atoms with E-state index in [9.17, 15) is 0 Å². The van der Waals surface area contributed by atoms with Gasteiger partial charge in [0.15, 0.2) is 7.05 Å². The minimum Gasteiger partial charge on any atom is -0.161 e. The molecule has 0 unspecified atom stereocenters. The van der Waals surface area contributed by atoms with Gasteiger partial charge in [0.2, 0.25) is 5.69 Å². The number of rotatable bonds is 0. The molecule has 0 aromatic carbocycles. The quantitative estimate of drug-likeness (QED) is 0.517. The Kier molecular flexibility index (Phi) is 2.02. The molecule has 0 spiro atoms. The number of hydrogen-bond acceptors (Lipinski definition) is 0. The van der Waals surface area contributed by atoms with Crippen molar-refractivity contribution in [1.29, 1.82) is 0 Å². The molecule has 1 rings (SSSR count). The number of hydrogen-bond donors (Lipinski definition) is 0. The minimum absolute atomic E-state index is 0.237. The largest absolute Gasteiger partial charge is 0.213 e. The van der Waals surface area contributed by atoms with Crippen LogP contribution in [0.3, 0.4) is 0 Å². The summed E-state index contributed by atoms with van der Waals surface area (Å²) >= 11 is 0. The van der Waals surface area contributed by atoms with Gasteiger partial charge >= 0.3 is 0 Å². The van der Waals surface area contributed by atoms with Crippen molar-refractivity contribution in [3.8, 4) is 0 Å². The third-order valence-electron chi connectivity index (χ3n) is 2.42. The van der Waals surface area contributed by atoms with Gasteiger partial charge < -0.3 is 0 Å². The molecule has 0 N–H and O–H groups in total. The van der Waals surface area contributed by atoms with E-state index in [2.05, 4.69) is 57.2 Å². The maximum Gasteiger partial charge on any atom is 0.213 e. The van der Waals surface area contributed by atoms with Gasteiger partial charge in [-0.3, -0.25) is 0 Å². The van der Waals surface area contributed by atoms with Gasteiger partial charge in [-0.25, -0.2) is 0 Å². The van der Waals surface area contributed by atoms with Gasteiger partial charge in [0.25, 0.3) is 0 Å². The smallest absolute Gasteiger partial charge is 0.161 e. The molecule has 68 valence electrons. The summed E-state index contributed by atoms with van der Waals surface area (Å²) in [6.45, 7) is 8.85. The predicted octanol–water partition coefficient (Wildman–Crippen LogP) is 1.46. The molecule has 12 heavy (non-hydrogen) atoms. The maximum absolute atomic E-state index is 2.25. The first-order valence-corrected chi connectivity index (χ1v) is 4.37. The maximum atomic E-state index is 2.25. The van der Waals surface area contributed by atoms with Crippen molar-refractivity contribution in [1.82, 2.24) is 4.68 Å². The Morgan fingerprint density at radius 2 is 1.83 bits per heavy atom. The van der Waals surface area contributed by atoms with Crippen LogP contribution in [0.5, 0.6) is 0 Å². The Balaban J connectivity index is 3.28. The summed E-state index contributed by atoms with van der Waals surface area (Å²) in [5.74, 6) is 0. The molecule has 1 aromatic heterocycles. The average Bonchev–Trinajstić information content (AvgIpc) is 2.15. The Morgan fingerprint density at radius 1 is 1.33 bits per heavy atom. The van der Waals surface area contributed by atoms with E-state index in [1.165, 1.54) is 11.4 Å². The van der Waals surface area contributed by atoms with Crippen LogP contribution < -0.4 is 4.68 Å². The molecule has 0 saturated carbocycles. The van der Waals surface area contributed by atoms with E-state index in [4.69, 9.17) is 0 Å². The predicted molar refractivity (Wildman–Crippen MR) is 50.0 cm³/mol. The fraction of sp³-hybridized carbons (Fsp3) is 0.700. The third kappa shape index (κ3) is 1.38. The van der Waals surface area contributed by atoms with E-state index in [0.717, 1.165) is 0 Å². The molecule has 0 atom stereocenters.